The summed E-state index contributed by atoms with van der Waals surface area (Å²) in [6.45, 7) is 7.54. The minimum absolute atomic E-state index is 0. The normalized spacial score (nSPS) is 11.3. The highest BCUT2D eigenvalue weighted by Gasteiger charge is 2.15. The number of halogens is 3. The van der Waals surface area contributed by atoms with Gasteiger partial charge in [0.25, 0.3) is 0 Å². The van der Waals surface area contributed by atoms with Gasteiger partial charge in [-0.05, 0) is 46.2 Å². The van der Waals surface area contributed by atoms with Crippen LogP contribution < -0.4 is 20.1 Å². The monoisotopic (exact) mass is 551 g/mol. The smallest absolute Gasteiger partial charge is 0.387 e. The van der Waals surface area contributed by atoms with E-state index in [1.807, 2.05) is 31.5 Å². The largest absolute Gasteiger partial charge is 0.490 e. The molecule has 0 amide bonds. The minimum atomic E-state index is -2.94. The average molecular weight is 551 g/mol. The van der Waals surface area contributed by atoms with Crippen LogP contribution in [0.3, 0.4) is 0 Å². The topological polar surface area (TPSA) is 72.7 Å². The van der Waals surface area contributed by atoms with E-state index < -0.39 is 6.61 Å². The Balaban J connectivity index is 0.00000480. The van der Waals surface area contributed by atoms with Gasteiger partial charge in [0.15, 0.2) is 17.5 Å². The van der Waals surface area contributed by atoms with E-state index in [1.54, 1.807) is 25.1 Å². The van der Waals surface area contributed by atoms with Gasteiger partial charge in [0.05, 0.1) is 18.8 Å². The number of aromatic nitrogens is 2. The maximum Gasteiger partial charge on any atom is 0.387 e. The third kappa shape index (κ3) is 8.88. The molecule has 0 aliphatic rings. The Morgan fingerprint density at radius 2 is 2.00 bits per heavy atom. The van der Waals surface area contributed by atoms with Gasteiger partial charge < -0.3 is 20.1 Å². The van der Waals surface area contributed by atoms with E-state index >= 15 is 0 Å². The van der Waals surface area contributed by atoms with Crippen molar-refractivity contribution >= 4 is 29.9 Å². The van der Waals surface area contributed by atoms with Crippen molar-refractivity contribution in [3.8, 4) is 11.5 Å². The van der Waals surface area contributed by atoms with E-state index in [1.165, 1.54) is 0 Å². The van der Waals surface area contributed by atoms with Crippen molar-refractivity contribution in [3.63, 3.8) is 0 Å². The van der Waals surface area contributed by atoms with Crippen LogP contribution in [0.2, 0.25) is 0 Å². The van der Waals surface area contributed by atoms with Gasteiger partial charge in [0.2, 0.25) is 0 Å². The molecule has 7 nitrogen and oxygen atoms in total. The Hall–Kier alpha value is -2.11. The summed E-state index contributed by atoms with van der Waals surface area (Å²) < 4.78 is 37.8. The lowest BCUT2D eigenvalue weighted by atomic mass is 10.2. The number of ether oxygens (including phenoxy) is 2. The number of nitrogens with one attached hydrogen (secondary N) is 2. The van der Waals surface area contributed by atoms with Gasteiger partial charge in [0.1, 0.15) is 0 Å². The van der Waals surface area contributed by atoms with Gasteiger partial charge in [-0.3, -0.25) is 4.68 Å². The Morgan fingerprint density at radius 1 is 1.23 bits per heavy atom. The molecule has 2 N–H and O–H groups in total. The number of rotatable bonds is 11. The highest BCUT2D eigenvalue weighted by Crippen LogP contribution is 2.33. The molecule has 1 heterocycles. The van der Waals surface area contributed by atoms with Gasteiger partial charge in [0, 0.05) is 30.9 Å². The summed E-state index contributed by atoms with van der Waals surface area (Å²) >= 11 is 0. The molecular formula is C21H32F2IN5O2. The maximum absolute atomic E-state index is 12.9. The molecule has 0 saturated heterocycles. The van der Waals surface area contributed by atoms with Gasteiger partial charge in [-0.25, -0.2) is 4.99 Å². The van der Waals surface area contributed by atoms with Crippen molar-refractivity contribution in [1.82, 2.24) is 20.4 Å². The van der Waals surface area contributed by atoms with Crippen LogP contribution in [0.5, 0.6) is 11.5 Å². The summed E-state index contributed by atoms with van der Waals surface area (Å²) in [6.07, 6.45) is 0.867. The highest BCUT2D eigenvalue weighted by atomic mass is 127. The van der Waals surface area contributed by atoms with Gasteiger partial charge in [-0.1, -0.05) is 12.1 Å². The molecular weight excluding hydrogens is 519 g/mol. The van der Waals surface area contributed by atoms with Crippen LogP contribution in [-0.4, -0.2) is 42.0 Å². The second-order valence-corrected chi connectivity index (χ2v) is 6.68. The molecule has 1 aromatic carbocycles. The number of aryl methyl sites for hydroxylation is 3. The zero-order valence-corrected chi connectivity index (χ0v) is 20.8. The SMILES string of the molecule is CCNC(=NCc1cccc(OCC)c1OC(F)F)NCCCn1nc(C)cc1C.I. The number of aliphatic imine (C=N–C) groups is 1. The zero-order chi connectivity index (χ0) is 21.9. The number of hydrogen-bond donors (Lipinski definition) is 2. The molecule has 10 heteroatoms. The molecule has 0 radical (unpaired) electrons. The van der Waals surface area contributed by atoms with E-state index in [9.17, 15) is 8.78 Å². The molecule has 1 aromatic heterocycles. The molecule has 0 aliphatic heterocycles. The fraction of sp³-hybridized carbons (Fsp3) is 0.524. The maximum atomic E-state index is 12.9. The van der Waals surface area contributed by atoms with Gasteiger partial charge in [-0.15, -0.1) is 24.0 Å². The van der Waals surface area contributed by atoms with Crippen molar-refractivity contribution in [1.29, 1.82) is 0 Å². The van der Waals surface area contributed by atoms with Crippen LogP contribution >= 0.6 is 24.0 Å². The number of para-hydroxylation sites is 1. The van der Waals surface area contributed by atoms with E-state index in [0.717, 1.165) is 24.4 Å². The Morgan fingerprint density at radius 3 is 2.61 bits per heavy atom. The molecule has 2 rings (SSSR count). The molecule has 0 unspecified atom stereocenters. The molecule has 0 saturated carbocycles. The summed E-state index contributed by atoms with van der Waals surface area (Å²) in [5, 5.41) is 10.9. The Bertz CT molecular complexity index is 830. The number of benzene rings is 1. The van der Waals surface area contributed by atoms with E-state index in [2.05, 4.69) is 20.7 Å². The fourth-order valence-electron chi connectivity index (χ4n) is 3.02. The third-order valence-electron chi connectivity index (χ3n) is 4.26. The summed E-state index contributed by atoms with van der Waals surface area (Å²) in [4.78, 5) is 4.51. The van der Waals surface area contributed by atoms with Crippen molar-refractivity contribution in [2.24, 2.45) is 4.99 Å². The predicted octanol–water partition coefficient (Wildman–Crippen LogP) is 4.26. The van der Waals surface area contributed by atoms with E-state index in [4.69, 9.17) is 9.47 Å². The second kappa shape index (κ2) is 14.0. The lowest BCUT2D eigenvalue weighted by Gasteiger charge is -2.15. The number of hydrogen-bond acceptors (Lipinski definition) is 4. The highest BCUT2D eigenvalue weighted by molar-refractivity contribution is 14.0. The molecule has 174 valence electrons. The van der Waals surface area contributed by atoms with Crippen LogP contribution in [0, 0.1) is 13.8 Å². The van der Waals surface area contributed by atoms with Crippen molar-refractivity contribution in [3.05, 3.63) is 41.2 Å². The standard InChI is InChI=1S/C21H31F2N5O2.HI/c1-5-24-21(25-11-8-12-28-16(4)13-15(3)27-28)26-14-17-9-7-10-18(29-6-2)19(17)30-20(22)23;/h7,9-10,13,20H,5-6,8,11-12,14H2,1-4H3,(H2,24,25,26);1H. The van der Waals surface area contributed by atoms with Crippen LogP contribution in [0.1, 0.15) is 37.2 Å². The molecule has 0 atom stereocenters. The first-order valence-electron chi connectivity index (χ1n) is 10.2. The van der Waals surface area contributed by atoms with Gasteiger partial charge >= 0.3 is 6.61 Å². The molecule has 2 aromatic rings. The van der Waals surface area contributed by atoms with Crippen molar-refractivity contribution in [2.45, 2.75) is 53.8 Å². The molecule has 0 aliphatic carbocycles. The summed E-state index contributed by atoms with van der Waals surface area (Å²) in [5.74, 6) is 0.919. The summed E-state index contributed by atoms with van der Waals surface area (Å²) in [6, 6.07) is 7.10. The van der Waals surface area contributed by atoms with Crippen LogP contribution in [0.15, 0.2) is 29.3 Å². The van der Waals surface area contributed by atoms with Gasteiger partial charge in [-0.2, -0.15) is 13.9 Å². The summed E-state index contributed by atoms with van der Waals surface area (Å²) in [7, 11) is 0. The number of alkyl halides is 2. The number of guanidine groups is 1. The Labute approximate surface area is 199 Å². The lowest BCUT2D eigenvalue weighted by molar-refractivity contribution is -0.0520. The first-order chi connectivity index (χ1) is 14.4. The first-order valence-corrected chi connectivity index (χ1v) is 10.2. The first kappa shape index (κ1) is 26.9. The minimum Gasteiger partial charge on any atom is -0.490 e. The third-order valence-corrected chi connectivity index (χ3v) is 4.26. The van der Waals surface area contributed by atoms with Crippen LogP contribution in [0.25, 0.3) is 0 Å². The summed E-state index contributed by atoms with van der Waals surface area (Å²) in [5.41, 5.74) is 2.67. The number of nitrogens with zero attached hydrogens (tertiary/aromatic N) is 3. The van der Waals surface area contributed by atoms with Crippen LogP contribution in [-0.2, 0) is 13.1 Å². The second-order valence-electron chi connectivity index (χ2n) is 6.68. The average Bonchev–Trinajstić information content (AvgIpc) is 3.02. The quantitative estimate of drug-likeness (QED) is 0.189. The van der Waals surface area contributed by atoms with Crippen LogP contribution in [0.4, 0.5) is 8.78 Å². The Kier molecular flexibility index (Phi) is 12.2. The fourth-order valence-corrected chi connectivity index (χ4v) is 3.02. The molecule has 0 bridgehead atoms. The van der Waals surface area contributed by atoms with Crippen molar-refractivity contribution < 1.29 is 18.3 Å². The molecule has 31 heavy (non-hydrogen) atoms. The molecule has 0 spiro atoms. The predicted molar refractivity (Wildman–Crippen MR) is 129 cm³/mol. The van der Waals surface area contributed by atoms with Crippen molar-refractivity contribution in [2.75, 3.05) is 19.7 Å². The van der Waals surface area contributed by atoms with E-state index in [0.29, 0.717) is 31.2 Å². The van der Waals surface area contributed by atoms with E-state index in [-0.39, 0.29) is 42.0 Å². The zero-order valence-electron chi connectivity index (χ0n) is 18.5. The lowest BCUT2D eigenvalue weighted by Crippen LogP contribution is -2.38. The molecule has 0 fully saturated rings.